The average Bonchev–Trinajstić information content (AvgIpc) is 2.72. The zero-order chi connectivity index (χ0) is 24.4. The van der Waals surface area contributed by atoms with E-state index in [0.29, 0.717) is 6.92 Å². The molecule has 0 spiro atoms. The maximum atomic E-state index is 13.6. The van der Waals surface area contributed by atoms with Gasteiger partial charge in [-0.15, -0.1) is 0 Å². The Labute approximate surface area is 185 Å². The van der Waals surface area contributed by atoms with Gasteiger partial charge in [0.25, 0.3) is 5.92 Å². The molecule has 0 bridgehead atoms. The third kappa shape index (κ3) is 6.28. The minimum atomic E-state index is -4.68. The highest BCUT2D eigenvalue weighted by Crippen LogP contribution is 2.30. The van der Waals surface area contributed by atoms with Crippen LogP contribution >= 0.6 is 0 Å². The first-order valence-electron chi connectivity index (χ1n) is 9.58. The molecule has 0 atom stereocenters. The molecule has 0 amide bonds. The molecule has 0 saturated carbocycles. The third-order valence-corrected chi connectivity index (χ3v) is 4.22. The first-order chi connectivity index (χ1) is 15.3. The number of aliphatic hydroxyl groups excluding tert-OH is 1. The lowest BCUT2D eigenvalue weighted by atomic mass is 10.1. The van der Waals surface area contributed by atoms with E-state index in [4.69, 9.17) is 0 Å². The van der Waals surface area contributed by atoms with Crippen molar-refractivity contribution in [2.24, 2.45) is 0 Å². The van der Waals surface area contributed by atoms with Gasteiger partial charge in [-0.2, -0.15) is 36.9 Å². The highest BCUT2D eigenvalue weighted by atomic mass is 19.4. The largest absolute Gasteiger partial charge is 0.433 e. The van der Waals surface area contributed by atoms with Gasteiger partial charge in [-0.3, -0.25) is 4.98 Å². The van der Waals surface area contributed by atoms with Crippen LogP contribution in [0.15, 0.2) is 36.5 Å². The Bertz CT molecular complexity index is 1130. The van der Waals surface area contributed by atoms with E-state index in [9.17, 15) is 27.1 Å². The summed E-state index contributed by atoms with van der Waals surface area (Å²) in [5, 5.41) is 15.1. The van der Waals surface area contributed by atoms with Gasteiger partial charge in [-0.05, 0) is 38.1 Å². The topological polar surface area (TPSA) is 109 Å². The van der Waals surface area contributed by atoms with Crippen LogP contribution in [0.3, 0.4) is 0 Å². The number of hydrogen-bond donors (Lipinski definition) is 3. The lowest BCUT2D eigenvalue weighted by Gasteiger charge is -2.23. The standard InChI is InChI=1S/C20H20F5N7O/c1-18(2,10-33)32-17-30-15(12-5-4-6-13(28-12)20(23,24)25)29-16(31-17)27-11-7-8-26-14(9-11)19(3,21)22/h4-9,33H,10H2,1-3H3,(H2,26,27,29,30,31,32). The molecule has 0 aromatic carbocycles. The monoisotopic (exact) mass is 469 g/mol. The molecule has 176 valence electrons. The normalized spacial score (nSPS) is 12.5. The average molecular weight is 469 g/mol. The zero-order valence-corrected chi connectivity index (χ0v) is 17.7. The molecule has 3 rings (SSSR count). The second-order valence-corrected chi connectivity index (χ2v) is 7.82. The predicted molar refractivity (Wildman–Crippen MR) is 110 cm³/mol. The van der Waals surface area contributed by atoms with E-state index in [1.807, 2.05) is 0 Å². The van der Waals surface area contributed by atoms with Crippen LogP contribution in [0.2, 0.25) is 0 Å². The van der Waals surface area contributed by atoms with Crippen LogP contribution < -0.4 is 10.6 Å². The fourth-order valence-corrected chi connectivity index (χ4v) is 2.54. The summed E-state index contributed by atoms with van der Waals surface area (Å²) in [6.45, 7) is 3.67. The van der Waals surface area contributed by atoms with Crippen molar-refractivity contribution in [2.75, 3.05) is 17.2 Å². The summed E-state index contributed by atoms with van der Waals surface area (Å²) in [5.41, 5.74) is -2.53. The molecule has 0 radical (unpaired) electrons. The SMILES string of the molecule is CC(C)(CO)Nc1nc(Nc2ccnc(C(C)(F)F)c2)nc(-c2cccc(C(F)(F)F)n2)n1. The summed E-state index contributed by atoms with van der Waals surface area (Å²) in [6, 6.07) is 5.74. The molecule has 0 aliphatic rings. The molecule has 3 N–H and O–H groups in total. The van der Waals surface area contributed by atoms with Crippen molar-refractivity contribution in [3.8, 4) is 11.5 Å². The fourth-order valence-electron chi connectivity index (χ4n) is 2.54. The van der Waals surface area contributed by atoms with E-state index in [2.05, 4.69) is 35.6 Å². The van der Waals surface area contributed by atoms with Crippen LogP contribution in [-0.2, 0) is 12.1 Å². The molecule has 0 unspecified atom stereocenters. The molecule has 3 aromatic heterocycles. The Morgan fingerprint density at radius 3 is 2.21 bits per heavy atom. The fraction of sp³-hybridized carbons (Fsp3) is 0.350. The minimum absolute atomic E-state index is 0.0733. The van der Waals surface area contributed by atoms with Gasteiger partial charge in [0, 0.05) is 18.8 Å². The van der Waals surface area contributed by atoms with Gasteiger partial charge in [-0.25, -0.2) is 4.98 Å². The maximum Gasteiger partial charge on any atom is 0.433 e. The number of nitrogens with one attached hydrogen (secondary N) is 2. The summed E-state index contributed by atoms with van der Waals surface area (Å²) in [5.74, 6) is -3.62. The molecule has 0 aliphatic carbocycles. The van der Waals surface area contributed by atoms with Gasteiger partial charge in [0.15, 0.2) is 5.82 Å². The van der Waals surface area contributed by atoms with E-state index in [1.165, 1.54) is 18.3 Å². The number of aliphatic hydroxyl groups is 1. The molecule has 0 fully saturated rings. The number of pyridine rings is 2. The second-order valence-electron chi connectivity index (χ2n) is 7.82. The van der Waals surface area contributed by atoms with Crippen LogP contribution in [0.5, 0.6) is 0 Å². The number of anilines is 3. The Hall–Kier alpha value is -3.48. The van der Waals surface area contributed by atoms with Crippen molar-refractivity contribution < 1.29 is 27.1 Å². The van der Waals surface area contributed by atoms with Gasteiger partial charge < -0.3 is 15.7 Å². The van der Waals surface area contributed by atoms with Crippen LogP contribution in [-0.4, -0.2) is 42.2 Å². The molecule has 33 heavy (non-hydrogen) atoms. The van der Waals surface area contributed by atoms with Crippen molar-refractivity contribution >= 4 is 17.6 Å². The number of rotatable bonds is 7. The Balaban J connectivity index is 2.06. The molecular formula is C20H20F5N7O. The smallest absolute Gasteiger partial charge is 0.394 e. The summed E-state index contributed by atoms with van der Waals surface area (Å²) < 4.78 is 66.5. The van der Waals surface area contributed by atoms with Crippen LogP contribution in [0.1, 0.15) is 32.2 Å². The number of hydrogen-bond acceptors (Lipinski definition) is 8. The third-order valence-electron chi connectivity index (χ3n) is 4.22. The summed E-state index contributed by atoms with van der Waals surface area (Å²) in [6.07, 6.45) is -3.51. The summed E-state index contributed by atoms with van der Waals surface area (Å²) in [4.78, 5) is 19.5. The van der Waals surface area contributed by atoms with E-state index < -0.39 is 29.0 Å². The molecule has 3 heterocycles. The highest BCUT2D eigenvalue weighted by molar-refractivity contribution is 5.59. The van der Waals surface area contributed by atoms with E-state index in [1.54, 1.807) is 13.8 Å². The zero-order valence-electron chi connectivity index (χ0n) is 17.7. The number of alkyl halides is 5. The highest BCUT2D eigenvalue weighted by Gasteiger charge is 2.33. The predicted octanol–water partition coefficient (Wildman–Crippen LogP) is 4.39. The van der Waals surface area contributed by atoms with Gasteiger partial charge in [0.1, 0.15) is 17.1 Å². The molecular weight excluding hydrogens is 449 g/mol. The van der Waals surface area contributed by atoms with Crippen LogP contribution in [0, 0.1) is 0 Å². The molecule has 0 saturated heterocycles. The Kier molecular flexibility index (Phi) is 6.45. The quantitative estimate of drug-likeness (QED) is 0.438. The summed E-state index contributed by atoms with van der Waals surface area (Å²) >= 11 is 0. The number of halogens is 5. The molecule has 3 aromatic rings. The first kappa shape index (κ1) is 24.2. The van der Waals surface area contributed by atoms with Gasteiger partial charge in [0.2, 0.25) is 11.9 Å². The van der Waals surface area contributed by atoms with Gasteiger partial charge in [-0.1, -0.05) is 6.07 Å². The Morgan fingerprint density at radius 1 is 0.879 bits per heavy atom. The molecule has 8 nitrogen and oxygen atoms in total. The van der Waals surface area contributed by atoms with E-state index >= 15 is 0 Å². The number of nitrogens with zero attached hydrogens (tertiary/aromatic N) is 5. The minimum Gasteiger partial charge on any atom is -0.394 e. The van der Waals surface area contributed by atoms with Crippen molar-refractivity contribution in [3.63, 3.8) is 0 Å². The number of aromatic nitrogens is 5. The Morgan fingerprint density at radius 2 is 1.58 bits per heavy atom. The lowest BCUT2D eigenvalue weighted by Crippen LogP contribution is -2.35. The van der Waals surface area contributed by atoms with Crippen LogP contribution in [0.25, 0.3) is 11.5 Å². The first-order valence-corrected chi connectivity index (χ1v) is 9.58. The molecule has 13 heteroatoms. The van der Waals surface area contributed by atoms with Crippen molar-refractivity contribution in [2.45, 2.75) is 38.4 Å². The van der Waals surface area contributed by atoms with E-state index in [-0.39, 0.29) is 35.7 Å². The van der Waals surface area contributed by atoms with Crippen LogP contribution in [0.4, 0.5) is 39.5 Å². The van der Waals surface area contributed by atoms with Crippen molar-refractivity contribution in [1.29, 1.82) is 0 Å². The van der Waals surface area contributed by atoms with Crippen molar-refractivity contribution in [1.82, 2.24) is 24.9 Å². The summed E-state index contributed by atoms with van der Waals surface area (Å²) in [7, 11) is 0. The maximum absolute atomic E-state index is 13.6. The van der Waals surface area contributed by atoms with Crippen molar-refractivity contribution in [3.05, 3.63) is 47.9 Å². The van der Waals surface area contributed by atoms with E-state index in [0.717, 1.165) is 18.2 Å². The van der Waals surface area contributed by atoms with Gasteiger partial charge >= 0.3 is 6.18 Å². The van der Waals surface area contributed by atoms with Gasteiger partial charge in [0.05, 0.1) is 12.1 Å². The second kappa shape index (κ2) is 8.81. The molecule has 0 aliphatic heterocycles. The lowest BCUT2D eigenvalue weighted by molar-refractivity contribution is -0.141.